The van der Waals surface area contributed by atoms with Gasteiger partial charge >= 0.3 is 0 Å². The zero-order valence-corrected chi connectivity index (χ0v) is 16.4. The molecule has 0 atom stereocenters. The number of hydrogen-bond acceptors (Lipinski definition) is 4. The highest BCUT2D eigenvalue weighted by molar-refractivity contribution is 6.32. The molecule has 0 saturated heterocycles. The topological polar surface area (TPSA) is 56.8 Å². The second-order valence-electron chi connectivity index (χ2n) is 6.77. The number of benzene rings is 2. The molecule has 2 aromatic carbocycles. The van der Waals surface area contributed by atoms with Crippen molar-refractivity contribution in [3.8, 4) is 17.2 Å². The van der Waals surface area contributed by atoms with E-state index in [1.165, 1.54) is 14.2 Å². The van der Waals surface area contributed by atoms with E-state index in [1.54, 1.807) is 12.1 Å². The van der Waals surface area contributed by atoms with Crippen LogP contribution in [-0.2, 0) is 10.2 Å². The smallest absolute Gasteiger partial charge is 0.262 e. The van der Waals surface area contributed by atoms with Crippen molar-refractivity contribution >= 4 is 23.2 Å². The van der Waals surface area contributed by atoms with E-state index in [4.69, 9.17) is 25.8 Å². The maximum Gasteiger partial charge on any atom is 0.262 e. The first-order valence-electron chi connectivity index (χ1n) is 8.20. The third kappa shape index (κ3) is 4.82. The number of amides is 1. The number of methoxy groups -OCH3 is 2. The zero-order valence-electron chi connectivity index (χ0n) is 15.7. The molecule has 6 heteroatoms. The van der Waals surface area contributed by atoms with E-state index in [1.807, 2.05) is 24.3 Å². The van der Waals surface area contributed by atoms with Crippen molar-refractivity contribution in [3.63, 3.8) is 0 Å². The van der Waals surface area contributed by atoms with Gasteiger partial charge in [-0.1, -0.05) is 50.6 Å². The minimum absolute atomic E-state index is 0.0835. The van der Waals surface area contributed by atoms with E-state index >= 15 is 0 Å². The number of hydrogen-bond donors (Lipinski definition) is 1. The molecule has 0 fully saturated rings. The van der Waals surface area contributed by atoms with Crippen LogP contribution in [0.5, 0.6) is 17.2 Å². The predicted molar refractivity (Wildman–Crippen MR) is 104 cm³/mol. The number of rotatable bonds is 6. The van der Waals surface area contributed by atoms with Gasteiger partial charge in [0.25, 0.3) is 5.91 Å². The normalized spacial score (nSPS) is 11.0. The maximum absolute atomic E-state index is 12.3. The lowest BCUT2D eigenvalue weighted by atomic mass is 9.86. The minimum atomic E-state index is -0.312. The lowest BCUT2D eigenvalue weighted by Crippen LogP contribution is -2.22. The van der Waals surface area contributed by atoms with Gasteiger partial charge in [-0.2, -0.15) is 0 Å². The van der Waals surface area contributed by atoms with Crippen LogP contribution in [0.4, 0.5) is 5.69 Å². The summed E-state index contributed by atoms with van der Waals surface area (Å²) in [6, 6.07) is 10.9. The maximum atomic E-state index is 12.3. The van der Waals surface area contributed by atoms with Crippen molar-refractivity contribution in [1.29, 1.82) is 0 Å². The molecule has 0 aliphatic carbocycles. The van der Waals surface area contributed by atoms with Crippen molar-refractivity contribution in [1.82, 2.24) is 0 Å². The van der Waals surface area contributed by atoms with Crippen LogP contribution in [0.2, 0.25) is 5.02 Å². The highest BCUT2D eigenvalue weighted by Gasteiger charge is 2.19. The van der Waals surface area contributed by atoms with Gasteiger partial charge in [0, 0.05) is 6.07 Å². The quantitative estimate of drug-likeness (QED) is 0.794. The standard InChI is InChI=1S/C20H24ClNO4/c1-20(2,3)13-8-6-7-9-16(13)26-12-19(23)22-15-10-14(21)17(24-4)11-18(15)25-5/h6-11H,12H2,1-5H3,(H,22,23). The molecular formula is C20H24ClNO4. The Morgan fingerprint density at radius 1 is 1.04 bits per heavy atom. The van der Waals surface area contributed by atoms with E-state index in [2.05, 4.69) is 26.1 Å². The van der Waals surface area contributed by atoms with Crippen LogP contribution in [0.25, 0.3) is 0 Å². The average Bonchev–Trinajstić information content (AvgIpc) is 2.59. The summed E-state index contributed by atoms with van der Waals surface area (Å²) in [6.07, 6.45) is 0. The Morgan fingerprint density at radius 3 is 2.31 bits per heavy atom. The summed E-state index contributed by atoms with van der Waals surface area (Å²) in [4.78, 5) is 12.3. The van der Waals surface area contributed by atoms with Crippen molar-refractivity contribution in [2.24, 2.45) is 0 Å². The summed E-state index contributed by atoms with van der Waals surface area (Å²) in [5.41, 5.74) is 1.41. The Kier molecular flexibility index (Phi) is 6.37. The van der Waals surface area contributed by atoms with Gasteiger partial charge in [0.15, 0.2) is 6.61 Å². The molecule has 2 rings (SSSR count). The fourth-order valence-corrected chi connectivity index (χ4v) is 2.74. The first-order chi connectivity index (χ1) is 12.3. The summed E-state index contributed by atoms with van der Waals surface area (Å²) in [5.74, 6) is 1.30. The number of nitrogens with one attached hydrogen (secondary N) is 1. The molecule has 0 aliphatic heterocycles. The number of para-hydroxylation sites is 1. The van der Waals surface area contributed by atoms with Gasteiger partial charge in [0.05, 0.1) is 24.9 Å². The van der Waals surface area contributed by atoms with Gasteiger partial charge in [-0.3, -0.25) is 4.79 Å². The number of anilines is 1. The lowest BCUT2D eigenvalue weighted by Gasteiger charge is -2.22. The molecule has 5 nitrogen and oxygen atoms in total. The van der Waals surface area contributed by atoms with Crippen molar-refractivity contribution in [2.45, 2.75) is 26.2 Å². The third-order valence-corrected chi connectivity index (χ3v) is 4.10. The molecule has 2 aromatic rings. The van der Waals surface area contributed by atoms with Crippen LogP contribution < -0.4 is 19.5 Å². The lowest BCUT2D eigenvalue weighted by molar-refractivity contribution is -0.118. The SMILES string of the molecule is COc1cc(OC)c(NC(=O)COc2ccccc2C(C)(C)C)cc1Cl. The summed E-state index contributed by atoms with van der Waals surface area (Å²) in [6.45, 7) is 6.17. The van der Waals surface area contributed by atoms with Gasteiger partial charge in [-0.15, -0.1) is 0 Å². The molecule has 0 aromatic heterocycles. The summed E-state index contributed by atoms with van der Waals surface area (Å²) >= 11 is 6.12. The van der Waals surface area contributed by atoms with E-state index in [0.29, 0.717) is 28.0 Å². The summed E-state index contributed by atoms with van der Waals surface area (Å²) in [7, 11) is 3.02. The molecule has 26 heavy (non-hydrogen) atoms. The van der Waals surface area contributed by atoms with Gasteiger partial charge < -0.3 is 19.5 Å². The Hall–Kier alpha value is -2.40. The number of carbonyl (C=O) groups excluding carboxylic acids is 1. The Bertz CT molecular complexity index is 784. The number of halogens is 1. The monoisotopic (exact) mass is 377 g/mol. The van der Waals surface area contributed by atoms with Crippen LogP contribution in [0.1, 0.15) is 26.3 Å². The molecule has 0 heterocycles. The van der Waals surface area contributed by atoms with Crippen LogP contribution in [0.15, 0.2) is 36.4 Å². The van der Waals surface area contributed by atoms with E-state index in [-0.39, 0.29) is 17.9 Å². The van der Waals surface area contributed by atoms with E-state index in [0.717, 1.165) is 5.56 Å². The fourth-order valence-electron chi connectivity index (χ4n) is 2.50. The van der Waals surface area contributed by atoms with E-state index in [9.17, 15) is 4.79 Å². The van der Waals surface area contributed by atoms with Crippen LogP contribution in [-0.4, -0.2) is 26.7 Å². The van der Waals surface area contributed by atoms with Gasteiger partial charge in [0.1, 0.15) is 17.2 Å². The highest BCUT2D eigenvalue weighted by Crippen LogP contribution is 2.36. The minimum Gasteiger partial charge on any atom is -0.495 e. The molecule has 1 N–H and O–H groups in total. The first-order valence-corrected chi connectivity index (χ1v) is 8.57. The zero-order chi connectivity index (χ0) is 19.3. The molecule has 0 saturated carbocycles. The van der Waals surface area contributed by atoms with Crippen LogP contribution in [0.3, 0.4) is 0 Å². The Morgan fingerprint density at radius 2 is 1.69 bits per heavy atom. The Labute approximate surface area is 159 Å². The molecular weight excluding hydrogens is 354 g/mol. The number of carbonyl (C=O) groups is 1. The molecule has 1 amide bonds. The van der Waals surface area contributed by atoms with Crippen molar-refractivity contribution < 1.29 is 19.0 Å². The molecule has 0 unspecified atom stereocenters. The third-order valence-electron chi connectivity index (χ3n) is 3.80. The van der Waals surface area contributed by atoms with Gasteiger partial charge in [0.2, 0.25) is 0 Å². The molecule has 0 aliphatic rings. The number of ether oxygens (including phenoxy) is 3. The molecule has 0 bridgehead atoms. The molecule has 0 spiro atoms. The van der Waals surface area contributed by atoms with E-state index < -0.39 is 0 Å². The van der Waals surface area contributed by atoms with Gasteiger partial charge in [-0.05, 0) is 23.1 Å². The predicted octanol–water partition coefficient (Wildman–Crippen LogP) is 4.67. The van der Waals surface area contributed by atoms with Gasteiger partial charge in [-0.25, -0.2) is 0 Å². The summed E-state index contributed by atoms with van der Waals surface area (Å²) in [5, 5.41) is 3.13. The summed E-state index contributed by atoms with van der Waals surface area (Å²) < 4.78 is 16.2. The average molecular weight is 378 g/mol. The van der Waals surface area contributed by atoms with Crippen molar-refractivity contribution in [2.75, 3.05) is 26.1 Å². The van der Waals surface area contributed by atoms with Crippen molar-refractivity contribution in [3.05, 3.63) is 47.0 Å². The first kappa shape index (κ1) is 19.9. The second-order valence-corrected chi connectivity index (χ2v) is 7.18. The fraction of sp³-hybridized carbons (Fsp3) is 0.350. The molecule has 140 valence electrons. The van der Waals surface area contributed by atoms with Crippen LogP contribution in [0, 0.1) is 0 Å². The second kappa shape index (κ2) is 8.32. The molecule has 0 radical (unpaired) electrons. The highest BCUT2D eigenvalue weighted by atomic mass is 35.5. The largest absolute Gasteiger partial charge is 0.495 e. The Balaban J connectivity index is 2.10. The van der Waals surface area contributed by atoms with Crippen LogP contribution >= 0.6 is 11.6 Å².